The average Bonchev–Trinajstić information content (AvgIpc) is 3.35. The number of rotatable bonds is 10. The van der Waals surface area contributed by atoms with Crippen LogP contribution < -0.4 is 14.8 Å². The van der Waals surface area contributed by atoms with Gasteiger partial charge in [-0.2, -0.15) is 22.0 Å². The summed E-state index contributed by atoms with van der Waals surface area (Å²) in [4.78, 5) is 33.7. The molecule has 0 bridgehead atoms. The topological polar surface area (TPSA) is 90.0 Å². The molecule has 0 radical (unpaired) electrons. The van der Waals surface area contributed by atoms with Gasteiger partial charge in [-0.25, -0.2) is 9.78 Å². The van der Waals surface area contributed by atoms with Crippen molar-refractivity contribution in [2.45, 2.75) is 97.3 Å². The number of esters is 1. The van der Waals surface area contributed by atoms with Gasteiger partial charge in [-0.15, -0.1) is 0 Å². The van der Waals surface area contributed by atoms with Crippen molar-refractivity contribution in [2.24, 2.45) is 17.3 Å². The van der Waals surface area contributed by atoms with E-state index in [1.54, 1.807) is 19.1 Å². The summed E-state index contributed by atoms with van der Waals surface area (Å²) in [6, 6.07) is 4.03. The summed E-state index contributed by atoms with van der Waals surface area (Å²) in [7, 11) is 1.29. The maximum absolute atomic E-state index is 14.5. The Morgan fingerprint density at radius 2 is 1.76 bits per heavy atom. The van der Waals surface area contributed by atoms with E-state index in [1.165, 1.54) is 24.1 Å². The van der Waals surface area contributed by atoms with Crippen molar-refractivity contribution in [3.05, 3.63) is 53.2 Å². The number of nitrogens with one attached hydrogen (secondary N) is 1. The lowest BCUT2D eigenvalue weighted by Gasteiger charge is -2.36. The summed E-state index contributed by atoms with van der Waals surface area (Å²) in [5.41, 5.74) is -1.34. The van der Waals surface area contributed by atoms with Gasteiger partial charge < -0.3 is 24.4 Å². The monoisotopic (exact) mass is 655 g/mol. The van der Waals surface area contributed by atoms with E-state index in [-0.39, 0.29) is 41.8 Å². The summed E-state index contributed by atoms with van der Waals surface area (Å²) < 4.78 is 84.1. The molecule has 8 nitrogen and oxygen atoms in total. The zero-order valence-electron chi connectivity index (χ0n) is 26.7. The highest BCUT2D eigenvalue weighted by molar-refractivity contribution is 5.88. The number of halogens is 5. The molecule has 0 unspecified atom stereocenters. The SMILES string of the molecule is CCOC(=O)[C@@H]1[C@@H](C(C)(C)C)[C@H](NCc2cc(C(F)(F)F)cnc2OC)[C@H](c2ccccc2OC(F)F)N1C(=O)C1CCCCC1. The number of ether oxygens (including phenoxy) is 3. The Kier molecular flexibility index (Phi) is 11.2. The highest BCUT2D eigenvalue weighted by Crippen LogP contribution is 2.51. The molecule has 4 atom stereocenters. The Morgan fingerprint density at radius 1 is 1.09 bits per heavy atom. The number of hydrogen-bond acceptors (Lipinski definition) is 7. The minimum Gasteiger partial charge on any atom is -0.481 e. The highest BCUT2D eigenvalue weighted by Gasteiger charge is 2.59. The lowest BCUT2D eigenvalue weighted by molar-refractivity contribution is -0.158. The zero-order chi connectivity index (χ0) is 33.8. The minimum absolute atomic E-state index is 0.0403. The molecule has 1 aromatic heterocycles. The number of alkyl halides is 5. The third-order valence-corrected chi connectivity index (χ3v) is 8.83. The Hall–Kier alpha value is -3.48. The summed E-state index contributed by atoms with van der Waals surface area (Å²) in [5, 5.41) is 3.32. The molecule has 1 saturated heterocycles. The second-order valence-corrected chi connectivity index (χ2v) is 12.8. The van der Waals surface area contributed by atoms with E-state index in [9.17, 15) is 31.5 Å². The van der Waals surface area contributed by atoms with Gasteiger partial charge in [0.1, 0.15) is 11.8 Å². The standard InChI is InChI=1S/C33H42F5N3O5/c1-6-45-30(43)27-24(32(2,3)4)25(39-17-20-16-21(33(36,37)38)18-40-28(20)44-5)26(22-14-10-11-15-23(22)46-31(34)35)41(27)29(42)19-12-8-7-9-13-19/h10-11,14-16,18-19,24-27,31,39H,6-9,12-13,17H2,1-5H3/t24-,25-,26-,27-/m0/s1. The van der Waals surface area contributed by atoms with Crippen LogP contribution in [0.2, 0.25) is 0 Å². The predicted molar refractivity (Wildman–Crippen MR) is 159 cm³/mol. The third-order valence-electron chi connectivity index (χ3n) is 8.83. The maximum atomic E-state index is 14.5. The summed E-state index contributed by atoms with van der Waals surface area (Å²) in [6.45, 7) is 3.98. The van der Waals surface area contributed by atoms with Gasteiger partial charge in [0.05, 0.1) is 25.3 Å². The number of methoxy groups -OCH3 is 1. The Labute approximate surface area is 266 Å². The average molecular weight is 656 g/mol. The van der Waals surface area contributed by atoms with E-state index >= 15 is 0 Å². The van der Waals surface area contributed by atoms with E-state index in [2.05, 4.69) is 10.3 Å². The fourth-order valence-corrected chi connectivity index (χ4v) is 6.95. The fraction of sp³-hybridized carbons (Fsp3) is 0.606. The van der Waals surface area contributed by atoms with E-state index in [1.807, 2.05) is 20.8 Å². The number of nitrogens with zero attached hydrogens (tertiary/aromatic N) is 2. The van der Waals surface area contributed by atoms with Gasteiger partial charge in [-0.3, -0.25) is 4.79 Å². The van der Waals surface area contributed by atoms with Crippen molar-refractivity contribution < 1.29 is 45.8 Å². The van der Waals surface area contributed by atoms with E-state index in [4.69, 9.17) is 14.2 Å². The molecule has 2 fully saturated rings. The van der Waals surface area contributed by atoms with Crippen molar-refractivity contribution in [3.63, 3.8) is 0 Å². The van der Waals surface area contributed by atoms with Crippen molar-refractivity contribution in [2.75, 3.05) is 13.7 Å². The van der Waals surface area contributed by atoms with Crippen LogP contribution in [0.15, 0.2) is 36.5 Å². The number of hydrogen-bond donors (Lipinski definition) is 1. The third kappa shape index (κ3) is 7.72. The molecule has 0 spiro atoms. The lowest BCUT2D eigenvalue weighted by atomic mass is 9.72. The smallest absolute Gasteiger partial charge is 0.417 e. The van der Waals surface area contributed by atoms with Crippen LogP contribution in [-0.2, 0) is 27.0 Å². The lowest BCUT2D eigenvalue weighted by Crippen LogP contribution is -2.50. The molecule has 1 saturated carbocycles. The maximum Gasteiger partial charge on any atom is 0.417 e. The molecule has 254 valence electrons. The van der Waals surface area contributed by atoms with Crippen LogP contribution in [0.1, 0.15) is 82.5 Å². The van der Waals surface area contributed by atoms with Crippen molar-refractivity contribution in [1.29, 1.82) is 0 Å². The van der Waals surface area contributed by atoms with E-state index < -0.39 is 59.7 Å². The molecular weight excluding hydrogens is 613 g/mol. The first-order chi connectivity index (χ1) is 21.7. The van der Waals surface area contributed by atoms with Crippen molar-refractivity contribution in [3.8, 4) is 11.6 Å². The Morgan fingerprint density at radius 3 is 2.35 bits per heavy atom. The minimum atomic E-state index is -4.67. The van der Waals surface area contributed by atoms with E-state index in [0.29, 0.717) is 19.0 Å². The fourth-order valence-electron chi connectivity index (χ4n) is 6.95. The number of carbonyl (C=O) groups excluding carboxylic acids is 2. The number of amides is 1. The second kappa shape index (κ2) is 14.5. The molecule has 2 heterocycles. The molecule has 1 N–H and O–H groups in total. The van der Waals surface area contributed by atoms with Crippen LogP contribution in [0, 0.1) is 17.3 Å². The molecule has 4 rings (SSSR count). The molecule has 46 heavy (non-hydrogen) atoms. The normalized spacial score (nSPS) is 22.6. The molecule has 1 aliphatic heterocycles. The van der Waals surface area contributed by atoms with Gasteiger partial charge in [0, 0.05) is 41.7 Å². The number of carbonyl (C=O) groups is 2. The quantitative estimate of drug-likeness (QED) is 0.220. The summed E-state index contributed by atoms with van der Waals surface area (Å²) in [5.74, 6) is -2.23. The van der Waals surface area contributed by atoms with Crippen molar-refractivity contribution in [1.82, 2.24) is 15.2 Å². The molecule has 1 amide bonds. The van der Waals surface area contributed by atoms with Crippen LogP contribution in [0.3, 0.4) is 0 Å². The van der Waals surface area contributed by atoms with Gasteiger partial charge in [0.25, 0.3) is 0 Å². The summed E-state index contributed by atoms with van der Waals surface area (Å²) >= 11 is 0. The van der Waals surface area contributed by atoms with Gasteiger partial charge in [-0.1, -0.05) is 58.2 Å². The van der Waals surface area contributed by atoms with Crippen LogP contribution in [0.5, 0.6) is 11.6 Å². The molecule has 1 aliphatic carbocycles. The Balaban J connectivity index is 1.92. The predicted octanol–water partition coefficient (Wildman–Crippen LogP) is 6.93. The number of para-hydroxylation sites is 1. The molecule has 1 aromatic carbocycles. The van der Waals surface area contributed by atoms with Gasteiger partial charge in [0.15, 0.2) is 0 Å². The van der Waals surface area contributed by atoms with E-state index in [0.717, 1.165) is 25.3 Å². The van der Waals surface area contributed by atoms with Crippen LogP contribution in [-0.4, -0.2) is 54.2 Å². The number of aromatic nitrogens is 1. The van der Waals surface area contributed by atoms with Gasteiger partial charge in [-0.05, 0) is 37.3 Å². The molecular formula is C33H42F5N3O5. The molecule has 13 heteroatoms. The van der Waals surface area contributed by atoms with Crippen LogP contribution >= 0.6 is 0 Å². The van der Waals surface area contributed by atoms with Gasteiger partial charge in [0.2, 0.25) is 11.8 Å². The van der Waals surface area contributed by atoms with Crippen molar-refractivity contribution >= 4 is 11.9 Å². The van der Waals surface area contributed by atoms with Crippen LogP contribution in [0.25, 0.3) is 0 Å². The number of benzene rings is 1. The highest BCUT2D eigenvalue weighted by atomic mass is 19.4. The zero-order valence-corrected chi connectivity index (χ0v) is 26.7. The number of likely N-dealkylation sites (tertiary alicyclic amines) is 1. The first-order valence-corrected chi connectivity index (χ1v) is 15.5. The van der Waals surface area contributed by atoms with Crippen LogP contribution in [0.4, 0.5) is 22.0 Å². The number of pyridine rings is 1. The second-order valence-electron chi connectivity index (χ2n) is 12.8. The molecule has 2 aromatic rings. The first-order valence-electron chi connectivity index (χ1n) is 15.5. The Bertz CT molecular complexity index is 1360. The van der Waals surface area contributed by atoms with Gasteiger partial charge >= 0.3 is 18.8 Å². The first kappa shape index (κ1) is 35.4. The molecule has 2 aliphatic rings. The largest absolute Gasteiger partial charge is 0.481 e. The summed E-state index contributed by atoms with van der Waals surface area (Å²) in [6.07, 6.45) is -0.134.